The zero-order chi connectivity index (χ0) is 16.2. The van der Waals surface area contributed by atoms with Crippen molar-refractivity contribution in [2.45, 2.75) is 6.43 Å². The van der Waals surface area contributed by atoms with Crippen LogP contribution in [0.15, 0.2) is 12.1 Å². The molecule has 1 aromatic carbocycles. The highest BCUT2D eigenvalue weighted by molar-refractivity contribution is 5.95. The number of nitrogens with zero attached hydrogens (tertiary/aromatic N) is 2. The topological polar surface area (TPSA) is 83.7 Å². The molecule has 0 atom stereocenters. The first-order valence-electron chi connectivity index (χ1n) is 5.60. The van der Waals surface area contributed by atoms with Crippen LogP contribution < -0.4 is 0 Å². The van der Waals surface area contributed by atoms with Gasteiger partial charge >= 0.3 is 5.69 Å². The minimum Gasteiger partial charge on any atom is -0.395 e. The van der Waals surface area contributed by atoms with Crippen molar-refractivity contribution in [3.05, 3.63) is 39.4 Å². The van der Waals surface area contributed by atoms with Gasteiger partial charge in [-0.1, -0.05) is 0 Å². The maximum absolute atomic E-state index is 13.8. The lowest BCUT2D eigenvalue weighted by molar-refractivity contribution is -0.387. The van der Waals surface area contributed by atoms with E-state index in [1.807, 2.05) is 0 Å². The van der Waals surface area contributed by atoms with Gasteiger partial charge in [0.05, 0.1) is 18.1 Å². The molecule has 0 spiro atoms. The third-order valence-corrected chi connectivity index (χ3v) is 2.50. The lowest BCUT2D eigenvalue weighted by atomic mass is 10.1. The van der Waals surface area contributed by atoms with Crippen LogP contribution in [0.5, 0.6) is 0 Å². The summed E-state index contributed by atoms with van der Waals surface area (Å²) >= 11 is 0. The van der Waals surface area contributed by atoms with Crippen LogP contribution in [0.2, 0.25) is 0 Å². The Morgan fingerprint density at radius 1 is 1.38 bits per heavy atom. The van der Waals surface area contributed by atoms with Crippen LogP contribution in [0.3, 0.4) is 0 Å². The van der Waals surface area contributed by atoms with Gasteiger partial charge in [0.1, 0.15) is 11.4 Å². The molecule has 10 heteroatoms. The van der Waals surface area contributed by atoms with Crippen molar-refractivity contribution in [1.82, 2.24) is 4.90 Å². The van der Waals surface area contributed by atoms with E-state index < -0.39 is 59.8 Å². The molecule has 0 aromatic heterocycles. The van der Waals surface area contributed by atoms with Crippen LogP contribution in [0.4, 0.5) is 23.2 Å². The molecule has 0 heterocycles. The number of benzene rings is 1. The van der Waals surface area contributed by atoms with E-state index in [9.17, 15) is 32.5 Å². The van der Waals surface area contributed by atoms with Crippen LogP contribution in [-0.4, -0.2) is 47.0 Å². The lowest BCUT2D eigenvalue weighted by Crippen LogP contribution is -2.38. The third-order valence-electron chi connectivity index (χ3n) is 2.50. The smallest absolute Gasteiger partial charge is 0.305 e. The Bertz CT molecular complexity index is 553. The number of aliphatic hydroxyl groups is 1. The second-order valence-electron chi connectivity index (χ2n) is 3.88. The van der Waals surface area contributed by atoms with E-state index in [2.05, 4.69) is 0 Å². The molecule has 6 nitrogen and oxygen atoms in total. The number of hydrogen-bond donors (Lipinski definition) is 1. The molecule has 21 heavy (non-hydrogen) atoms. The molecule has 0 saturated carbocycles. The molecule has 1 amide bonds. The largest absolute Gasteiger partial charge is 0.395 e. The first-order valence-corrected chi connectivity index (χ1v) is 5.60. The molecule has 0 unspecified atom stereocenters. The molecule has 0 aliphatic carbocycles. The Morgan fingerprint density at radius 3 is 2.48 bits per heavy atom. The first kappa shape index (κ1) is 16.8. The van der Waals surface area contributed by atoms with Gasteiger partial charge in [0.25, 0.3) is 12.3 Å². The van der Waals surface area contributed by atoms with E-state index in [-0.39, 0.29) is 0 Å². The van der Waals surface area contributed by atoms with Gasteiger partial charge < -0.3 is 10.0 Å². The Morgan fingerprint density at radius 2 is 2.00 bits per heavy atom. The van der Waals surface area contributed by atoms with Gasteiger partial charge in [-0.3, -0.25) is 14.9 Å². The second kappa shape index (κ2) is 6.97. The maximum atomic E-state index is 13.8. The standard InChI is InChI=1S/C11H10F4N2O4/c12-6-1-2-7(17(20)21)10(15)9(6)11(19)16(3-4-18)5-8(13)14/h1-2,8,18H,3-5H2. The minimum atomic E-state index is -3.00. The summed E-state index contributed by atoms with van der Waals surface area (Å²) in [6.45, 7) is -2.47. The summed E-state index contributed by atoms with van der Waals surface area (Å²) in [6, 6.07) is 1.01. The third kappa shape index (κ3) is 3.88. The van der Waals surface area contributed by atoms with Crippen molar-refractivity contribution in [2.75, 3.05) is 19.7 Å². The van der Waals surface area contributed by atoms with Gasteiger partial charge in [0.15, 0.2) is 0 Å². The van der Waals surface area contributed by atoms with E-state index in [0.29, 0.717) is 17.0 Å². The number of halogens is 4. The predicted molar refractivity (Wildman–Crippen MR) is 62.0 cm³/mol. The van der Waals surface area contributed by atoms with Gasteiger partial charge in [-0.2, -0.15) is 4.39 Å². The highest BCUT2D eigenvalue weighted by Gasteiger charge is 2.30. The zero-order valence-electron chi connectivity index (χ0n) is 10.4. The van der Waals surface area contributed by atoms with Crippen LogP contribution in [-0.2, 0) is 0 Å². The fourth-order valence-electron chi connectivity index (χ4n) is 1.60. The molecule has 0 saturated heterocycles. The predicted octanol–water partition coefficient (Wildman–Crippen LogP) is 1.57. The lowest BCUT2D eigenvalue weighted by Gasteiger charge is -2.21. The number of nitro groups is 1. The van der Waals surface area contributed by atoms with Gasteiger partial charge in [-0.05, 0) is 6.07 Å². The fraction of sp³-hybridized carbons (Fsp3) is 0.364. The SMILES string of the molecule is O=C(c1c(F)ccc([N+](=O)[O-])c1F)N(CCO)CC(F)F. The number of carbonyl (C=O) groups is 1. The van der Waals surface area contributed by atoms with Crippen molar-refractivity contribution >= 4 is 11.6 Å². The highest BCUT2D eigenvalue weighted by Crippen LogP contribution is 2.24. The molecular formula is C11H10F4N2O4. The highest BCUT2D eigenvalue weighted by atomic mass is 19.3. The van der Waals surface area contributed by atoms with Crippen molar-refractivity contribution in [1.29, 1.82) is 0 Å². The van der Waals surface area contributed by atoms with E-state index >= 15 is 0 Å². The summed E-state index contributed by atoms with van der Waals surface area (Å²) in [5.41, 5.74) is -2.46. The molecule has 0 fully saturated rings. The van der Waals surface area contributed by atoms with Crippen LogP contribution in [0.1, 0.15) is 10.4 Å². The average Bonchev–Trinajstić information content (AvgIpc) is 2.37. The molecule has 1 rings (SSSR count). The summed E-state index contributed by atoms with van der Waals surface area (Å²) in [5.74, 6) is -4.66. The van der Waals surface area contributed by atoms with E-state index in [1.54, 1.807) is 0 Å². The van der Waals surface area contributed by atoms with Crippen molar-refractivity contribution in [2.24, 2.45) is 0 Å². The number of aliphatic hydroxyl groups excluding tert-OH is 1. The Kier molecular flexibility index (Phi) is 5.59. The van der Waals surface area contributed by atoms with Crippen LogP contribution in [0.25, 0.3) is 0 Å². The quantitative estimate of drug-likeness (QED) is 0.491. The zero-order valence-corrected chi connectivity index (χ0v) is 10.4. The van der Waals surface area contributed by atoms with Crippen molar-refractivity contribution in [3.63, 3.8) is 0 Å². The van der Waals surface area contributed by atoms with E-state index in [0.717, 1.165) is 0 Å². The van der Waals surface area contributed by atoms with E-state index in [1.165, 1.54) is 0 Å². The number of alkyl halides is 2. The van der Waals surface area contributed by atoms with Crippen molar-refractivity contribution < 1.29 is 32.4 Å². The molecule has 116 valence electrons. The molecule has 0 aliphatic rings. The van der Waals surface area contributed by atoms with Crippen molar-refractivity contribution in [3.8, 4) is 0 Å². The summed E-state index contributed by atoms with van der Waals surface area (Å²) in [7, 11) is 0. The van der Waals surface area contributed by atoms with Gasteiger partial charge in [0.2, 0.25) is 5.82 Å². The number of carbonyl (C=O) groups excluding carboxylic acids is 1. The van der Waals surface area contributed by atoms with Gasteiger partial charge in [0, 0.05) is 12.6 Å². The van der Waals surface area contributed by atoms with Gasteiger partial charge in [-0.25, -0.2) is 13.2 Å². The molecule has 0 radical (unpaired) electrons. The van der Waals surface area contributed by atoms with Crippen LogP contribution in [0, 0.1) is 21.7 Å². The summed E-state index contributed by atoms with van der Waals surface area (Å²) in [5, 5.41) is 19.2. The minimum absolute atomic E-state index is 0.315. The molecular weight excluding hydrogens is 300 g/mol. The Labute approximate surface area is 115 Å². The first-order chi connectivity index (χ1) is 9.79. The summed E-state index contributed by atoms with van der Waals surface area (Å²) in [4.78, 5) is 21.5. The number of nitro benzene ring substituents is 1. The summed E-state index contributed by atoms with van der Waals surface area (Å²) in [6.07, 6.45) is -3.00. The molecule has 0 bridgehead atoms. The monoisotopic (exact) mass is 310 g/mol. The average molecular weight is 310 g/mol. The normalized spacial score (nSPS) is 10.8. The second-order valence-corrected chi connectivity index (χ2v) is 3.88. The maximum Gasteiger partial charge on any atom is 0.305 e. The molecule has 1 N–H and O–H groups in total. The number of amides is 1. The van der Waals surface area contributed by atoms with Crippen LogP contribution >= 0.6 is 0 Å². The van der Waals surface area contributed by atoms with E-state index in [4.69, 9.17) is 5.11 Å². The number of hydrogen-bond acceptors (Lipinski definition) is 4. The van der Waals surface area contributed by atoms with Gasteiger partial charge in [-0.15, -0.1) is 0 Å². The molecule has 0 aliphatic heterocycles. The number of rotatable bonds is 6. The summed E-state index contributed by atoms with van der Waals surface area (Å²) < 4.78 is 52.0. The Balaban J connectivity index is 3.26. The molecule has 1 aromatic rings. The fourth-order valence-corrected chi connectivity index (χ4v) is 1.60. The Hall–Kier alpha value is -2.23.